The zero-order valence-corrected chi connectivity index (χ0v) is 75.2. The van der Waals surface area contributed by atoms with E-state index in [0.717, 1.165) is 91.8 Å². The number of non-ortho nitro benzene ring substituents is 1. The van der Waals surface area contributed by atoms with Crippen LogP contribution in [0.15, 0.2) is 254 Å². The molecule has 1 saturated carbocycles. The van der Waals surface area contributed by atoms with Crippen molar-refractivity contribution in [2.45, 2.75) is 104 Å². The minimum atomic E-state index is -0.715. The van der Waals surface area contributed by atoms with Gasteiger partial charge in [0.05, 0.1) is 94.9 Å². The van der Waals surface area contributed by atoms with Gasteiger partial charge >= 0.3 is 0 Å². The molecular formula is C94H104N20O22. The minimum absolute atomic E-state index is 0.0177. The Labute approximate surface area is 779 Å². The Bertz CT molecular complexity index is 6010. The first-order chi connectivity index (χ1) is 65.9. The summed E-state index contributed by atoms with van der Waals surface area (Å²) in [5.74, 6) is 3.58. The average Bonchev–Trinajstić information content (AvgIpc) is 1.65. The molecule has 1 atom stereocenters. The highest BCUT2D eigenvalue weighted by Crippen LogP contribution is 2.43. The summed E-state index contributed by atoms with van der Waals surface area (Å²) in [6, 6.07) is 48.9. The second-order valence-corrected chi connectivity index (χ2v) is 30.0. The maximum absolute atomic E-state index is 12.7. The molecule has 0 bridgehead atoms. The number of hydrazone groups is 4. The predicted molar refractivity (Wildman–Crippen MR) is 497 cm³/mol. The van der Waals surface area contributed by atoms with Crippen LogP contribution in [0.2, 0.25) is 0 Å². The van der Waals surface area contributed by atoms with E-state index in [1.165, 1.54) is 77.8 Å². The standard InChI is InChI=1S/C24H23N3O4.C21H25NO4.C16H19N9O4.C13H12N2O4.C11H16N2O2.C9H9N3O4/c1-2-14-30-20-12-10-18(11-13-20)16-22(26-23(28)19-7-4-3-5-8-19)24(29)27-25-17-21-9-6-15-31-21;1-24-18-9-7-16(14-19(18)25-2)21(11-3-4-12-21)15-22-20(23)10-8-17-6-5-13-26-17;1-10-2-3-11(28-10)8-18-20-16(26)13-12(9-24-4-6-27-7-5-24)25(23-19-13)15-14(17)21-29-22-15;1-8-2-3-12(19-8)7-14-15-13(18)9-4-10(16)6-11(17)5-9;1-2-3-4-7-11(14)13-12-9-10-6-5-8-15-10;13-8-5-10-9(11(8)14)6-2-1-3-7(4-6)12(15)16/h3-13,15-17H,2,14H2,1H3,(H,26,28)(H,27,29);5-10,13-14H,3-4,11-12,15H2,1-2H3,(H,22,23);2-3,8H,4-7,9H2,1H3,(H2,17,21)(H,20,26);2-7,16-17H,1H3,(H,15,18);5-6,8-9H,2-4,7H2,1H3,(H,13,14);1-4,9-10,14H,5H2/b22-16-,25-17+;10-8+;18-8+;14-7+;12-9+;. The zero-order valence-electron chi connectivity index (χ0n) is 75.2. The van der Waals surface area contributed by atoms with Gasteiger partial charge in [-0.05, 0) is 188 Å². The van der Waals surface area contributed by atoms with E-state index in [0.29, 0.717) is 103 Å². The number of anilines is 1. The Kier molecular flexibility index (Phi) is 39.5. The number of morpholine rings is 1. The molecule has 712 valence electrons. The first-order valence-corrected chi connectivity index (χ1v) is 42.8. The molecule has 9 heterocycles. The molecule has 0 spiro atoms. The molecule has 7 aromatic heterocycles. The molecule has 42 heteroatoms. The number of rotatable bonds is 33. The molecule has 2 saturated heterocycles. The maximum Gasteiger partial charge on any atom is 0.293 e. The Hall–Kier alpha value is -16.7. The van der Waals surface area contributed by atoms with Crippen molar-refractivity contribution in [3.05, 3.63) is 296 Å². The molecule has 42 nitrogen and oxygen atoms in total. The number of phenolic OH excluding ortho intramolecular Hbond substituents is 2. The summed E-state index contributed by atoms with van der Waals surface area (Å²) in [5, 5.41) is 78.0. The van der Waals surface area contributed by atoms with E-state index in [1.807, 2.05) is 50.2 Å². The highest BCUT2D eigenvalue weighted by atomic mass is 16.6. The fourth-order valence-corrected chi connectivity index (χ4v) is 13.2. The van der Waals surface area contributed by atoms with Crippen molar-refractivity contribution in [3.63, 3.8) is 0 Å². The number of hydrogen-bond acceptors (Lipinski definition) is 33. The van der Waals surface area contributed by atoms with E-state index >= 15 is 0 Å². The molecule has 0 radical (unpaired) electrons. The number of aromatic hydroxyl groups is 2. The number of carbonyl (C=O) groups is 7. The number of hydrogen-bond donors (Lipinski definition) is 11. The molecule has 7 amide bonds. The number of nitro benzene ring substituents is 1. The van der Waals surface area contributed by atoms with E-state index in [2.05, 4.69) is 101 Å². The third-order valence-corrected chi connectivity index (χ3v) is 20.0. The molecule has 136 heavy (non-hydrogen) atoms. The predicted octanol–water partition coefficient (Wildman–Crippen LogP) is 12.1. The zero-order chi connectivity index (χ0) is 97.0. The van der Waals surface area contributed by atoms with Gasteiger partial charge in [0.15, 0.2) is 17.2 Å². The van der Waals surface area contributed by atoms with Crippen molar-refractivity contribution in [2.75, 3.05) is 66.0 Å². The van der Waals surface area contributed by atoms with Crippen LogP contribution in [0.4, 0.5) is 11.5 Å². The number of benzene rings is 5. The molecule has 5 aromatic carbocycles. The number of nitrogen functional groups attached to an aromatic ring is 1. The number of ether oxygens (including phenoxy) is 4. The van der Waals surface area contributed by atoms with E-state index < -0.39 is 40.6 Å². The number of nitrogens with two attached hydrogens (primary N) is 1. The van der Waals surface area contributed by atoms with Crippen LogP contribution < -0.4 is 57.6 Å². The lowest BCUT2D eigenvalue weighted by molar-refractivity contribution is -0.385. The number of nitro groups is 1. The maximum atomic E-state index is 12.7. The van der Waals surface area contributed by atoms with Crippen LogP contribution in [0.25, 0.3) is 18.0 Å². The summed E-state index contributed by atoms with van der Waals surface area (Å²) in [7, 11) is 3.28. The van der Waals surface area contributed by atoms with Gasteiger partial charge in [-0.3, -0.25) is 59.1 Å². The molecule has 3 fully saturated rings. The van der Waals surface area contributed by atoms with Gasteiger partial charge in [0.1, 0.15) is 69.4 Å². The summed E-state index contributed by atoms with van der Waals surface area (Å²) in [6.45, 7) is 12.0. The van der Waals surface area contributed by atoms with Gasteiger partial charge in [-0.25, -0.2) is 31.4 Å². The van der Waals surface area contributed by atoms with Gasteiger partial charge in [0, 0.05) is 73.4 Å². The van der Waals surface area contributed by atoms with E-state index in [1.54, 1.807) is 143 Å². The van der Waals surface area contributed by atoms with Gasteiger partial charge < -0.3 is 67.6 Å². The molecule has 1 aliphatic carbocycles. The van der Waals surface area contributed by atoms with Crippen LogP contribution >= 0.6 is 0 Å². The topological polar surface area (TPSA) is 562 Å². The quantitative estimate of drug-likeness (QED) is 0.00454. The molecule has 2 aliphatic heterocycles. The van der Waals surface area contributed by atoms with Crippen molar-refractivity contribution in [3.8, 4) is 34.6 Å². The smallest absolute Gasteiger partial charge is 0.293 e. The summed E-state index contributed by atoms with van der Waals surface area (Å²) in [6.07, 6.45) is 23.3. The number of carbonyl (C=O) groups excluding carboxylic acids is 7. The molecule has 3 aliphatic rings. The third-order valence-electron chi connectivity index (χ3n) is 20.0. The van der Waals surface area contributed by atoms with E-state index in [9.17, 15) is 59.1 Å². The van der Waals surface area contributed by atoms with Gasteiger partial charge in [0.2, 0.25) is 23.5 Å². The fourth-order valence-electron chi connectivity index (χ4n) is 13.2. The minimum Gasteiger partial charge on any atom is -0.508 e. The van der Waals surface area contributed by atoms with Crippen molar-refractivity contribution in [1.29, 1.82) is 0 Å². The Morgan fingerprint density at radius 3 is 1.86 bits per heavy atom. The number of nitrogens with zero attached hydrogens (tertiary/aromatic N) is 12. The summed E-state index contributed by atoms with van der Waals surface area (Å²) < 4.78 is 53.7. The van der Waals surface area contributed by atoms with E-state index in [-0.39, 0.29) is 69.6 Å². The van der Waals surface area contributed by atoms with Gasteiger partial charge in [-0.1, -0.05) is 93.3 Å². The third kappa shape index (κ3) is 32.1. The number of aryl methyl sites for hydroxylation is 2. The number of methoxy groups -OCH3 is 2. The number of amides is 7. The van der Waals surface area contributed by atoms with Crippen LogP contribution in [-0.4, -0.2) is 182 Å². The highest BCUT2D eigenvalue weighted by molar-refractivity contribution is 6.05. The number of aromatic nitrogens is 5. The highest BCUT2D eigenvalue weighted by Gasteiger charge is 2.37. The van der Waals surface area contributed by atoms with Crippen molar-refractivity contribution >= 4 is 89.9 Å². The van der Waals surface area contributed by atoms with Crippen LogP contribution in [-0.2, 0) is 35.9 Å². The van der Waals surface area contributed by atoms with Crippen molar-refractivity contribution in [1.82, 2.24) is 72.9 Å². The largest absolute Gasteiger partial charge is 0.508 e. The Morgan fingerprint density at radius 1 is 0.662 bits per heavy atom. The first kappa shape index (κ1) is 101. The number of unbranched alkanes of at least 4 members (excludes halogenated alkanes) is 2. The number of nitrogens with one attached hydrogen (secondary N) is 7. The lowest BCUT2D eigenvalue weighted by atomic mass is 9.78. The van der Waals surface area contributed by atoms with Crippen LogP contribution in [0.1, 0.15) is 172 Å². The van der Waals surface area contributed by atoms with E-state index in [4.69, 9.17) is 46.8 Å². The first-order valence-electron chi connectivity index (χ1n) is 42.8. The SMILES string of the molecule is CCCCCC(=O)N/N=C/c1ccco1.CCCOc1ccc(/C=C(\NC(=O)c2ccccc2)C(=O)N/N=C/c2ccco2)cc1.COc1ccc(C2(CNC(=O)/C=C/c3ccco3)CCCC2)cc1OC.Cc1ccc(/C=N/NC(=O)c2cc(O)cc(O)c2)o1.Cc1ccc(/C=N/NC(=O)c2nnn(-c3nonc3N)c2CN2CCOCC2)o1.O=C1CNC(c2cccc([N+](=O)[O-])c2)N1O. The Balaban J connectivity index is 0.000000172. The number of phenols is 2. The summed E-state index contributed by atoms with van der Waals surface area (Å²) in [5.41, 5.74) is 18.7. The second-order valence-electron chi connectivity index (χ2n) is 30.0. The number of furan rings is 5. The monoisotopic (exact) mass is 1860 g/mol. The fraction of sp³-hybridized carbons (Fsp3) is 0.266. The molecule has 1 unspecified atom stereocenters. The van der Waals surface area contributed by atoms with Gasteiger partial charge in [-0.2, -0.15) is 25.1 Å². The van der Waals surface area contributed by atoms with Crippen LogP contribution in [0.3, 0.4) is 0 Å². The van der Waals surface area contributed by atoms with Gasteiger partial charge in [-0.15, -0.1) is 5.10 Å². The molecule has 12 N–H and O–H groups in total. The average molecular weight is 1870 g/mol. The lowest BCUT2D eigenvalue weighted by Gasteiger charge is -2.30. The number of hydroxylamine groups is 2. The summed E-state index contributed by atoms with van der Waals surface area (Å²) in [4.78, 5) is 96.2. The van der Waals surface area contributed by atoms with Crippen LogP contribution in [0.5, 0.6) is 28.7 Å². The second kappa shape index (κ2) is 52.9. The van der Waals surface area contributed by atoms with Crippen molar-refractivity contribution < 1.29 is 99.6 Å². The molecular weight excluding hydrogens is 1760 g/mol. The van der Waals surface area contributed by atoms with Crippen molar-refractivity contribution in [2.24, 2.45) is 20.4 Å². The lowest BCUT2D eigenvalue weighted by Crippen LogP contribution is -2.38. The molecule has 15 rings (SSSR count). The Morgan fingerprint density at radius 2 is 1.29 bits per heavy atom. The molecule has 12 aromatic rings. The summed E-state index contributed by atoms with van der Waals surface area (Å²) >= 11 is 0. The normalized spacial score (nSPS) is 13.9. The van der Waals surface area contributed by atoms with Gasteiger partial charge in [0.25, 0.3) is 35.2 Å². The van der Waals surface area contributed by atoms with Crippen LogP contribution in [0, 0.1) is 24.0 Å².